The summed E-state index contributed by atoms with van der Waals surface area (Å²) in [6.07, 6.45) is 2.35. The van der Waals surface area contributed by atoms with E-state index in [9.17, 15) is 39.9 Å². The Hall–Kier alpha value is -2.53. The van der Waals surface area contributed by atoms with Gasteiger partial charge in [-0.05, 0) is 118 Å². The van der Waals surface area contributed by atoms with Gasteiger partial charge >= 0.3 is 12.1 Å². The molecule has 0 unspecified atom stereocenters. The number of aromatic hydroxyl groups is 1. The Kier molecular flexibility index (Phi) is 12.1. The third-order valence-electron chi connectivity index (χ3n) is 9.11. The molecule has 45 heavy (non-hydrogen) atoms. The van der Waals surface area contributed by atoms with E-state index in [-0.39, 0.29) is 24.0 Å². The van der Waals surface area contributed by atoms with E-state index < -0.39 is 39.9 Å². The number of unbranched alkanes of at least 4 members (excludes halogenated alkanes) is 3. The van der Waals surface area contributed by atoms with Gasteiger partial charge in [0.05, 0.1) is 11.5 Å². The maximum atomic E-state index is 14.9. The molecule has 1 aliphatic heterocycles. The van der Waals surface area contributed by atoms with Crippen molar-refractivity contribution in [2.75, 3.05) is 24.6 Å². The van der Waals surface area contributed by atoms with Gasteiger partial charge in [0.2, 0.25) is 0 Å². The molecule has 1 saturated heterocycles. The third kappa shape index (κ3) is 9.73. The second kappa shape index (κ2) is 15.4. The van der Waals surface area contributed by atoms with Gasteiger partial charge in [0.15, 0.2) is 9.84 Å². The Labute approximate surface area is 262 Å². The monoisotopic (exact) mass is 659 g/mol. The zero-order valence-electron chi connectivity index (χ0n) is 25.5. The smallest absolute Gasteiger partial charge is 0.453 e. The average molecular weight is 660 g/mol. The van der Waals surface area contributed by atoms with Crippen LogP contribution in [0, 0.1) is 5.82 Å². The first-order chi connectivity index (χ1) is 21.3. The average Bonchev–Trinajstić information content (AvgIpc) is 3.34. The lowest BCUT2D eigenvalue weighted by atomic mass is 9.89. The van der Waals surface area contributed by atoms with Gasteiger partial charge in [-0.3, -0.25) is 0 Å². The summed E-state index contributed by atoms with van der Waals surface area (Å²) in [5, 5.41) is 10.1. The molecule has 0 bridgehead atoms. The van der Waals surface area contributed by atoms with Crippen molar-refractivity contribution in [1.29, 1.82) is 0 Å². The van der Waals surface area contributed by atoms with Crippen molar-refractivity contribution in [3.63, 3.8) is 0 Å². The summed E-state index contributed by atoms with van der Waals surface area (Å²) in [4.78, 5) is 2.33. The standard InChI is InChI=1S/C34H43F6NO3S/c35-32-16-5-4-14-31(32)30-15-7-10-25-24-27(42)17-18-28(25)29(30)13-3-1-2-6-20-41-21-8-11-26(41)12-9-22-45(43,44)23-19-33(36,37)34(38,39)40/h4-5,14,16-18,24,26,42H,1-3,6-13,15,19-23H2/t26-/m0/s1. The lowest BCUT2D eigenvalue weighted by molar-refractivity contribution is -0.282. The number of fused-ring (bicyclic) bond motifs is 1. The summed E-state index contributed by atoms with van der Waals surface area (Å²) in [5.41, 5.74) is 4.99. The number of halogens is 6. The maximum Gasteiger partial charge on any atom is 0.453 e. The highest BCUT2D eigenvalue weighted by atomic mass is 32.2. The topological polar surface area (TPSA) is 57.6 Å². The van der Waals surface area contributed by atoms with Crippen LogP contribution in [0.25, 0.3) is 11.1 Å². The lowest BCUT2D eigenvalue weighted by Gasteiger charge is -2.24. The fraction of sp³-hybridized carbons (Fsp3) is 0.588. The number of aryl methyl sites for hydroxylation is 1. The number of rotatable bonds is 15. The molecule has 4 rings (SSSR count). The minimum absolute atomic E-state index is 0.184. The number of phenols is 1. The molecular weight excluding hydrogens is 616 g/mol. The zero-order valence-corrected chi connectivity index (χ0v) is 26.3. The molecule has 1 atom stereocenters. The summed E-state index contributed by atoms with van der Waals surface area (Å²) in [5.74, 6) is -6.58. The molecule has 1 N–H and O–H groups in total. The molecule has 0 saturated carbocycles. The summed E-state index contributed by atoms with van der Waals surface area (Å²) in [6.45, 7) is 1.76. The van der Waals surface area contributed by atoms with Crippen molar-refractivity contribution in [3.05, 3.63) is 65.0 Å². The van der Waals surface area contributed by atoms with E-state index >= 15 is 0 Å². The molecule has 4 nitrogen and oxygen atoms in total. The van der Waals surface area contributed by atoms with Gasteiger partial charge in [-0.1, -0.05) is 37.1 Å². The molecular formula is C34H43F6NO3S. The predicted octanol–water partition coefficient (Wildman–Crippen LogP) is 8.98. The number of allylic oxidation sites excluding steroid dienone is 2. The van der Waals surface area contributed by atoms with Crippen LogP contribution in [0.5, 0.6) is 5.75 Å². The van der Waals surface area contributed by atoms with Crippen molar-refractivity contribution in [3.8, 4) is 5.75 Å². The molecule has 250 valence electrons. The summed E-state index contributed by atoms with van der Waals surface area (Å²) in [6, 6.07) is 12.5. The number of benzene rings is 2. The van der Waals surface area contributed by atoms with Crippen LogP contribution in [0.3, 0.4) is 0 Å². The number of likely N-dealkylation sites (tertiary alicyclic amines) is 1. The van der Waals surface area contributed by atoms with E-state index in [0.29, 0.717) is 12.0 Å². The second-order valence-corrected chi connectivity index (χ2v) is 14.7. The van der Waals surface area contributed by atoms with Gasteiger partial charge < -0.3 is 10.0 Å². The Morgan fingerprint density at radius 1 is 0.867 bits per heavy atom. The minimum atomic E-state index is -5.75. The van der Waals surface area contributed by atoms with E-state index in [4.69, 9.17) is 0 Å². The zero-order chi connectivity index (χ0) is 32.7. The molecule has 0 radical (unpaired) electrons. The predicted molar refractivity (Wildman–Crippen MR) is 165 cm³/mol. The molecule has 2 aliphatic rings. The van der Waals surface area contributed by atoms with E-state index in [1.54, 1.807) is 12.1 Å². The number of nitrogens with zero attached hydrogens (tertiary/aromatic N) is 1. The molecule has 2 aromatic rings. The van der Waals surface area contributed by atoms with Crippen LogP contribution in [-0.4, -0.2) is 61.2 Å². The fourth-order valence-electron chi connectivity index (χ4n) is 6.69. The Morgan fingerprint density at radius 3 is 2.38 bits per heavy atom. The highest BCUT2D eigenvalue weighted by Crippen LogP contribution is 2.41. The summed E-state index contributed by atoms with van der Waals surface area (Å²) >= 11 is 0. The number of sulfone groups is 1. The van der Waals surface area contributed by atoms with E-state index in [2.05, 4.69) is 4.90 Å². The first-order valence-electron chi connectivity index (χ1n) is 16.0. The number of phenolic OH excluding ortho intramolecular Hbond substituents is 1. The molecule has 1 fully saturated rings. The van der Waals surface area contributed by atoms with Gasteiger partial charge in [-0.25, -0.2) is 12.8 Å². The summed E-state index contributed by atoms with van der Waals surface area (Å²) < 4.78 is 102. The molecule has 11 heteroatoms. The molecule has 0 aromatic heterocycles. The quantitative estimate of drug-likeness (QED) is 0.153. The summed E-state index contributed by atoms with van der Waals surface area (Å²) in [7, 11) is -4.00. The van der Waals surface area contributed by atoms with Crippen LogP contribution in [0.1, 0.15) is 93.7 Å². The molecule has 0 amide bonds. The normalized spacial score (nSPS) is 18.3. The van der Waals surface area contributed by atoms with Crippen LogP contribution in [0.2, 0.25) is 0 Å². The van der Waals surface area contributed by atoms with Crippen LogP contribution in [-0.2, 0) is 16.3 Å². The van der Waals surface area contributed by atoms with Crippen molar-refractivity contribution in [2.24, 2.45) is 0 Å². The SMILES string of the molecule is O=S(=O)(CCC[C@@H]1CCCN1CCCCCCC1=C(c2ccccc2F)CCCc2cc(O)ccc21)CCC(F)(F)C(F)(F)F. The van der Waals surface area contributed by atoms with Crippen LogP contribution < -0.4 is 0 Å². The van der Waals surface area contributed by atoms with Gasteiger partial charge in [-0.2, -0.15) is 22.0 Å². The second-order valence-electron chi connectivity index (χ2n) is 12.4. The van der Waals surface area contributed by atoms with Crippen LogP contribution >= 0.6 is 0 Å². The number of hydrogen-bond acceptors (Lipinski definition) is 4. The first kappa shape index (κ1) is 35.3. The van der Waals surface area contributed by atoms with E-state index in [1.807, 2.05) is 24.3 Å². The molecule has 1 aliphatic carbocycles. The largest absolute Gasteiger partial charge is 0.508 e. The number of hydrogen-bond donors (Lipinski definition) is 1. The minimum Gasteiger partial charge on any atom is -0.508 e. The van der Waals surface area contributed by atoms with Gasteiger partial charge in [0.1, 0.15) is 11.6 Å². The Bertz CT molecular complexity index is 1420. The fourth-order valence-corrected chi connectivity index (χ4v) is 8.07. The van der Waals surface area contributed by atoms with Crippen molar-refractivity contribution < 1.29 is 39.9 Å². The molecule has 0 spiro atoms. The molecule has 1 heterocycles. The van der Waals surface area contributed by atoms with Crippen molar-refractivity contribution in [2.45, 2.75) is 102 Å². The number of alkyl halides is 5. The highest BCUT2D eigenvalue weighted by Gasteiger charge is 2.57. The highest BCUT2D eigenvalue weighted by molar-refractivity contribution is 7.91. The first-order valence-corrected chi connectivity index (χ1v) is 17.8. The van der Waals surface area contributed by atoms with Crippen molar-refractivity contribution >= 4 is 21.0 Å². The van der Waals surface area contributed by atoms with Gasteiger partial charge in [0.25, 0.3) is 0 Å². The maximum absolute atomic E-state index is 14.9. The van der Waals surface area contributed by atoms with Gasteiger partial charge in [-0.15, -0.1) is 0 Å². The lowest BCUT2D eigenvalue weighted by Crippen LogP contribution is -2.38. The van der Waals surface area contributed by atoms with E-state index in [0.717, 1.165) is 99.6 Å². The third-order valence-corrected chi connectivity index (χ3v) is 10.8. The van der Waals surface area contributed by atoms with Crippen molar-refractivity contribution in [1.82, 2.24) is 4.90 Å². The van der Waals surface area contributed by atoms with Crippen LogP contribution in [0.4, 0.5) is 26.3 Å². The molecule has 2 aromatic carbocycles. The van der Waals surface area contributed by atoms with E-state index in [1.165, 1.54) is 6.07 Å². The Balaban J connectivity index is 1.24. The Morgan fingerprint density at radius 2 is 1.62 bits per heavy atom. The van der Waals surface area contributed by atoms with Gasteiger partial charge in [0, 0.05) is 18.0 Å². The van der Waals surface area contributed by atoms with Crippen LogP contribution in [0.15, 0.2) is 42.5 Å².